The molecule has 0 aliphatic carbocycles. The average Bonchev–Trinajstić information content (AvgIpc) is 3.49. The van der Waals surface area contributed by atoms with E-state index in [9.17, 15) is 9.50 Å². The zero-order valence-corrected chi connectivity index (χ0v) is 29.1. The third-order valence-corrected chi connectivity index (χ3v) is 7.71. The second kappa shape index (κ2) is 19.0. The second-order valence-corrected chi connectivity index (χ2v) is 12.1. The van der Waals surface area contributed by atoms with E-state index in [4.69, 9.17) is 16.3 Å². The molecule has 10 heteroatoms. The molecule has 2 N–H and O–H groups in total. The van der Waals surface area contributed by atoms with Gasteiger partial charge >= 0.3 is 0 Å². The van der Waals surface area contributed by atoms with Gasteiger partial charge in [-0.3, -0.25) is 9.98 Å². The monoisotopic (exact) mass is 662 g/mol. The zero-order chi connectivity index (χ0) is 34.3. The van der Waals surface area contributed by atoms with E-state index in [1.165, 1.54) is 13.0 Å². The number of ether oxygens (including phenoxy) is 1. The van der Waals surface area contributed by atoms with Gasteiger partial charge in [-0.15, -0.1) is 0 Å². The highest BCUT2D eigenvalue weighted by atomic mass is 35.5. The molecule has 3 aromatic rings. The minimum atomic E-state index is -0.481. The number of nitrogens with one attached hydrogen (secondary N) is 1. The summed E-state index contributed by atoms with van der Waals surface area (Å²) in [7, 11) is 7.90. The fourth-order valence-electron chi connectivity index (χ4n) is 4.95. The van der Waals surface area contributed by atoms with Crippen LogP contribution in [0.2, 0.25) is 5.02 Å². The number of aliphatic hydroxyl groups is 1. The molecule has 0 bridgehead atoms. The Bertz CT molecular complexity index is 1590. The molecule has 1 aromatic heterocycles. The molecule has 2 aromatic carbocycles. The van der Waals surface area contributed by atoms with Crippen molar-refractivity contribution in [2.75, 3.05) is 59.7 Å². The van der Waals surface area contributed by atoms with Gasteiger partial charge in [0.25, 0.3) is 0 Å². The Morgan fingerprint density at radius 3 is 2.60 bits per heavy atom. The van der Waals surface area contributed by atoms with E-state index in [2.05, 4.69) is 45.9 Å². The molecule has 3 rings (SSSR count). The quantitative estimate of drug-likeness (QED) is 0.0883. The number of likely N-dealkylation sites (N-methyl/N-ethyl adjacent to an activating group) is 1. The number of benzene rings is 2. The lowest BCUT2D eigenvalue weighted by Gasteiger charge is -2.21. The number of hydrogen-bond acceptors (Lipinski definition) is 6. The highest BCUT2D eigenvalue weighted by Gasteiger charge is 2.14. The minimum absolute atomic E-state index is 0.266. The highest BCUT2D eigenvalue weighted by molar-refractivity contribution is 6.32. The van der Waals surface area contributed by atoms with Gasteiger partial charge in [0.2, 0.25) is 0 Å². The first-order chi connectivity index (χ1) is 22.5. The van der Waals surface area contributed by atoms with Gasteiger partial charge in [-0.05, 0) is 120 Å². The SMILES string of the molecule is C=Nc1ccc(-c2ccn(CC(O)CN(C)CCCN(C)C)c2)cc1C(=NC)Nc1ccc(OCC(/C=C\C=C(/C)F)=C/C)c(Cl)c1. The second-order valence-electron chi connectivity index (χ2n) is 11.7. The lowest BCUT2D eigenvalue weighted by atomic mass is 10.0. The topological polar surface area (TPSA) is 77.6 Å². The van der Waals surface area contributed by atoms with Crippen LogP contribution >= 0.6 is 11.6 Å². The Hall–Kier alpha value is -4.02. The smallest absolute Gasteiger partial charge is 0.138 e. The molecule has 0 saturated carbocycles. The van der Waals surface area contributed by atoms with Crippen molar-refractivity contribution in [1.29, 1.82) is 0 Å². The Labute approximate surface area is 284 Å². The van der Waals surface area contributed by atoms with Crippen LogP contribution < -0.4 is 10.1 Å². The summed E-state index contributed by atoms with van der Waals surface area (Å²) in [5, 5.41) is 14.5. The molecule has 0 aliphatic rings. The first-order valence-corrected chi connectivity index (χ1v) is 16.0. The number of hydrogen-bond donors (Lipinski definition) is 2. The van der Waals surface area contributed by atoms with Crippen molar-refractivity contribution in [2.24, 2.45) is 9.98 Å². The Balaban J connectivity index is 1.69. The first kappa shape index (κ1) is 37.4. The molecule has 1 unspecified atom stereocenters. The van der Waals surface area contributed by atoms with Crippen molar-refractivity contribution in [3.63, 3.8) is 0 Å². The van der Waals surface area contributed by atoms with Crippen LogP contribution in [0.25, 0.3) is 11.1 Å². The molecule has 0 amide bonds. The van der Waals surface area contributed by atoms with Crippen LogP contribution in [0.15, 0.2) is 101 Å². The predicted octanol–water partition coefficient (Wildman–Crippen LogP) is 7.63. The predicted molar refractivity (Wildman–Crippen MR) is 197 cm³/mol. The van der Waals surface area contributed by atoms with Gasteiger partial charge in [0.1, 0.15) is 18.2 Å². The number of anilines is 1. The number of nitrogens with zero attached hydrogens (tertiary/aromatic N) is 5. The number of aromatic nitrogens is 1. The van der Waals surface area contributed by atoms with Gasteiger partial charge in [-0.2, -0.15) is 0 Å². The largest absolute Gasteiger partial charge is 0.487 e. The number of amidine groups is 1. The van der Waals surface area contributed by atoms with Gasteiger partial charge in [0.05, 0.1) is 22.6 Å². The van der Waals surface area contributed by atoms with Crippen molar-refractivity contribution in [3.05, 3.63) is 101 Å². The lowest BCUT2D eigenvalue weighted by molar-refractivity contribution is 0.108. The van der Waals surface area contributed by atoms with E-state index in [0.717, 1.165) is 47.5 Å². The molecular weight excluding hydrogens is 615 g/mol. The molecule has 8 nitrogen and oxygen atoms in total. The molecular formula is C37H48ClFN6O2. The molecule has 0 saturated heterocycles. The molecule has 47 heavy (non-hydrogen) atoms. The molecule has 1 heterocycles. The van der Waals surface area contributed by atoms with E-state index in [0.29, 0.717) is 35.4 Å². The zero-order valence-electron chi connectivity index (χ0n) is 28.4. The van der Waals surface area contributed by atoms with Gasteiger partial charge in [-0.25, -0.2) is 4.39 Å². The number of rotatable bonds is 17. The summed E-state index contributed by atoms with van der Waals surface area (Å²) in [6.45, 7) is 10.4. The fourth-order valence-corrected chi connectivity index (χ4v) is 5.18. The van der Waals surface area contributed by atoms with Crippen LogP contribution in [-0.2, 0) is 6.54 Å². The van der Waals surface area contributed by atoms with E-state index < -0.39 is 6.10 Å². The number of halogens is 2. The fraction of sp³-hybridized carbons (Fsp3) is 0.351. The summed E-state index contributed by atoms with van der Waals surface area (Å²) in [6.07, 6.45) is 11.3. The van der Waals surface area contributed by atoms with Crippen LogP contribution in [0.5, 0.6) is 5.75 Å². The molecule has 1 atom stereocenters. The third kappa shape index (κ3) is 12.3. The number of aliphatic hydroxyl groups excluding tert-OH is 1. The van der Waals surface area contributed by atoms with Crippen LogP contribution in [0.3, 0.4) is 0 Å². The maximum Gasteiger partial charge on any atom is 0.138 e. The van der Waals surface area contributed by atoms with Gasteiger partial charge in [0, 0.05) is 43.8 Å². The Morgan fingerprint density at radius 1 is 1.15 bits per heavy atom. The van der Waals surface area contributed by atoms with Crippen LogP contribution in [0.1, 0.15) is 25.8 Å². The van der Waals surface area contributed by atoms with Crippen molar-refractivity contribution in [3.8, 4) is 16.9 Å². The lowest BCUT2D eigenvalue weighted by Crippen LogP contribution is -2.33. The molecule has 0 fully saturated rings. The maximum atomic E-state index is 13.0. The Morgan fingerprint density at radius 2 is 1.94 bits per heavy atom. The summed E-state index contributed by atoms with van der Waals surface area (Å²) in [4.78, 5) is 13.1. The van der Waals surface area contributed by atoms with Crippen molar-refractivity contribution in [2.45, 2.75) is 32.9 Å². The van der Waals surface area contributed by atoms with E-state index >= 15 is 0 Å². The Kier molecular flexibility index (Phi) is 15.1. The summed E-state index contributed by atoms with van der Waals surface area (Å²) in [6, 6.07) is 13.4. The van der Waals surface area contributed by atoms with Gasteiger partial charge < -0.3 is 29.5 Å². The summed E-state index contributed by atoms with van der Waals surface area (Å²) < 4.78 is 20.9. The van der Waals surface area contributed by atoms with Crippen LogP contribution in [0, 0.1) is 0 Å². The van der Waals surface area contributed by atoms with E-state index in [-0.39, 0.29) is 12.4 Å². The van der Waals surface area contributed by atoms with Crippen molar-refractivity contribution in [1.82, 2.24) is 14.4 Å². The van der Waals surface area contributed by atoms with Crippen molar-refractivity contribution < 1.29 is 14.2 Å². The third-order valence-electron chi connectivity index (χ3n) is 7.41. The standard InChI is InChI=1S/C37H48ClFN6O2/c1-8-28(12-9-11-27(2)39)26-47-36-16-14-31(22-34(36)38)42-37(41-4)33-21-29(13-15-35(33)40-3)30-17-20-45(23-30)25-32(46)24-44(7)19-10-18-43(5)6/h8-9,11-17,20-23,32,46H,3,10,18-19,24-26H2,1-2,4-7H3,(H,41,42)/b12-9-,27-11+,28-8+. The number of aliphatic imine (C=N–C) groups is 2. The molecule has 0 aliphatic heterocycles. The number of allylic oxidation sites excluding steroid dienone is 4. The highest BCUT2D eigenvalue weighted by Crippen LogP contribution is 2.31. The first-order valence-electron chi connectivity index (χ1n) is 15.6. The summed E-state index contributed by atoms with van der Waals surface area (Å²) >= 11 is 6.58. The maximum absolute atomic E-state index is 13.0. The molecule has 0 spiro atoms. The molecule has 252 valence electrons. The van der Waals surface area contributed by atoms with Crippen molar-refractivity contribution >= 4 is 35.5 Å². The molecule has 0 radical (unpaired) electrons. The normalized spacial score (nSPS) is 13.6. The van der Waals surface area contributed by atoms with Gasteiger partial charge in [-0.1, -0.05) is 35.9 Å². The van der Waals surface area contributed by atoms with Gasteiger partial charge in [0.15, 0.2) is 0 Å². The summed E-state index contributed by atoms with van der Waals surface area (Å²) in [5.41, 5.74) is 5.08. The van der Waals surface area contributed by atoms with Crippen LogP contribution in [-0.4, -0.2) is 92.6 Å². The minimum Gasteiger partial charge on any atom is -0.487 e. The van der Waals surface area contributed by atoms with E-state index in [1.807, 2.05) is 67.3 Å². The van der Waals surface area contributed by atoms with Crippen LogP contribution in [0.4, 0.5) is 15.8 Å². The average molecular weight is 663 g/mol. The summed E-state index contributed by atoms with van der Waals surface area (Å²) in [5.74, 6) is 0.861. The van der Waals surface area contributed by atoms with E-state index in [1.54, 1.807) is 31.3 Å².